The van der Waals surface area contributed by atoms with Gasteiger partial charge in [-0.25, -0.2) is 0 Å². The van der Waals surface area contributed by atoms with E-state index < -0.39 is 0 Å². The Morgan fingerprint density at radius 3 is 2.78 bits per heavy atom. The van der Waals surface area contributed by atoms with Crippen molar-refractivity contribution in [2.24, 2.45) is 5.92 Å². The van der Waals surface area contributed by atoms with Gasteiger partial charge in [-0.3, -0.25) is 0 Å². The minimum Gasteiger partial charge on any atom is -0.139 e. The van der Waals surface area contributed by atoms with Gasteiger partial charge in [0.1, 0.15) is 0 Å². The lowest BCUT2D eigenvalue weighted by Gasteiger charge is -2.31. The van der Waals surface area contributed by atoms with E-state index in [9.17, 15) is 0 Å². The molecule has 5 rings (SSSR count). The monoisotopic (exact) mass is 336 g/mol. The van der Waals surface area contributed by atoms with Gasteiger partial charge in [0.25, 0.3) is 0 Å². The quantitative estimate of drug-likeness (QED) is 0.432. The molecule has 2 heteroatoms. The molecule has 0 bridgehead atoms. The first-order valence-electron chi connectivity index (χ1n) is 8.07. The predicted octanol–water partition coefficient (Wildman–Crippen LogP) is 6.62. The van der Waals surface area contributed by atoms with E-state index in [4.69, 9.17) is 11.6 Å². The van der Waals surface area contributed by atoms with Crippen LogP contribution in [0.3, 0.4) is 0 Å². The number of benzene rings is 2. The number of thiophene rings is 1. The Kier molecular flexibility index (Phi) is 2.70. The molecule has 2 unspecified atom stereocenters. The van der Waals surface area contributed by atoms with Gasteiger partial charge in [0, 0.05) is 20.5 Å². The third-order valence-electron chi connectivity index (χ3n) is 5.65. The smallest absolute Gasteiger partial charge is 0.0409 e. The molecule has 0 saturated heterocycles. The minimum absolute atomic E-state index is 0.148. The van der Waals surface area contributed by atoms with Gasteiger partial charge < -0.3 is 0 Å². The van der Waals surface area contributed by atoms with E-state index in [1.165, 1.54) is 31.7 Å². The van der Waals surface area contributed by atoms with Gasteiger partial charge >= 0.3 is 0 Å². The van der Waals surface area contributed by atoms with Gasteiger partial charge in [-0.05, 0) is 51.6 Å². The van der Waals surface area contributed by atoms with Gasteiger partial charge in [-0.2, -0.15) is 0 Å². The zero-order valence-corrected chi connectivity index (χ0v) is 14.7. The fraction of sp³-hybridized carbons (Fsp3) is 0.238. The van der Waals surface area contributed by atoms with Crippen LogP contribution in [-0.2, 0) is 5.41 Å². The Balaban J connectivity index is 1.84. The summed E-state index contributed by atoms with van der Waals surface area (Å²) in [4.78, 5) is 1.51. The van der Waals surface area contributed by atoms with Crippen LogP contribution in [0.1, 0.15) is 41.3 Å². The van der Waals surface area contributed by atoms with Crippen molar-refractivity contribution in [3.05, 3.63) is 75.1 Å². The van der Waals surface area contributed by atoms with E-state index >= 15 is 0 Å². The molecular weight excluding hydrogens is 320 g/mol. The molecule has 0 nitrogen and oxygen atoms in total. The topological polar surface area (TPSA) is 0 Å². The molecule has 0 radical (unpaired) electrons. The molecule has 0 aliphatic heterocycles. The summed E-state index contributed by atoms with van der Waals surface area (Å²) in [7, 11) is 0. The van der Waals surface area contributed by atoms with Crippen LogP contribution in [-0.4, -0.2) is 0 Å². The number of rotatable bonds is 0. The molecule has 2 atom stereocenters. The van der Waals surface area contributed by atoms with Gasteiger partial charge in [0.2, 0.25) is 0 Å². The van der Waals surface area contributed by atoms with Crippen LogP contribution in [0.5, 0.6) is 0 Å². The molecular formula is C21H17ClS. The van der Waals surface area contributed by atoms with Crippen molar-refractivity contribution < 1.29 is 0 Å². The second-order valence-electron chi connectivity index (χ2n) is 7.19. The van der Waals surface area contributed by atoms with Crippen molar-refractivity contribution in [3.8, 4) is 0 Å². The third kappa shape index (κ3) is 1.72. The number of halogens is 1. The van der Waals surface area contributed by atoms with Crippen molar-refractivity contribution in [1.82, 2.24) is 0 Å². The van der Waals surface area contributed by atoms with Crippen LogP contribution in [0.4, 0.5) is 0 Å². The molecule has 3 aromatic rings. The Labute approximate surface area is 145 Å². The Morgan fingerprint density at radius 1 is 1.09 bits per heavy atom. The van der Waals surface area contributed by atoms with Gasteiger partial charge in [-0.15, -0.1) is 11.3 Å². The van der Waals surface area contributed by atoms with Crippen LogP contribution >= 0.6 is 22.9 Å². The lowest BCUT2D eigenvalue weighted by molar-refractivity contribution is 0.393. The third-order valence-corrected chi connectivity index (χ3v) is 7.16. The Bertz CT molecular complexity index is 977. The van der Waals surface area contributed by atoms with Gasteiger partial charge in [0.05, 0.1) is 0 Å². The van der Waals surface area contributed by atoms with Crippen LogP contribution in [0.15, 0.2) is 48.5 Å². The van der Waals surface area contributed by atoms with E-state index in [0.29, 0.717) is 11.8 Å². The van der Waals surface area contributed by atoms with Crippen molar-refractivity contribution in [2.75, 3.05) is 0 Å². The number of hydrogen-bond donors (Lipinski definition) is 0. The average molecular weight is 337 g/mol. The normalized spacial score (nSPS) is 23.6. The molecule has 0 N–H and O–H groups in total. The van der Waals surface area contributed by atoms with E-state index in [0.717, 1.165) is 5.02 Å². The average Bonchev–Trinajstić information content (AvgIpc) is 3.01. The number of allylic oxidation sites excluding steroid dienone is 1. The molecule has 0 saturated carbocycles. The highest BCUT2D eigenvalue weighted by molar-refractivity contribution is 7.19. The first-order chi connectivity index (χ1) is 11.1. The molecule has 23 heavy (non-hydrogen) atoms. The zero-order chi connectivity index (χ0) is 15.8. The highest BCUT2D eigenvalue weighted by atomic mass is 35.5. The predicted molar refractivity (Wildman–Crippen MR) is 101 cm³/mol. The molecule has 2 aromatic carbocycles. The molecule has 1 heterocycles. The van der Waals surface area contributed by atoms with Crippen molar-refractivity contribution in [3.63, 3.8) is 0 Å². The fourth-order valence-corrected chi connectivity index (χ4v) is 6.05. The maximum Gasteiger partial charge on any atom is 0.0409 e. The summed E-state index contributed by atoms with van der Waals surface area (Å²) in [5, 5.41) is 2.23. The summed E-state index contributed by atoms with van der Waals surface area (Å²) < 4.78 is 1.39. The summed E-state index contributed by atoms with van der Waals surface area (Å²) in [5.74, 6) is 0.952. The molecule has 2 aliphatic rings. The minimum atomic E-state index is 0.148. The first kappa shape index (κ1) is 13.8. The van der Waals surface area contributed by atoms with E-state index in [1.54, 1.807) is 0 Å². The van der Waals surface area contributed by atoms with Crippen LogP contribution in [0.25, 0.3) is 16.2 Å². The number of hydrogen-bond acceptors (Lipinski definition) is 1. The summed E-state index contributed by atoms with van der Waals surface area (Å²) in [6.07, 6.45) is 4.78. The molecule has 0 fully saturated rings. The second-order valence-corrected chi connectivity index (χ2v) is 8.71. The van der Waals surface area contributed by atoms with Crippen LogP contribution < -0.4 is 0 Å². The fourth-order valence-electron chi connectivity index (χ4n) is 4.51. The van der Waals surface area contributed by atoms with Crippen molar-refractivity contribution >= 4 is 39.1 Å². The molecule has 1 aromatic heterocycles. The highest BCUT2D eigenvalue weighted by Crippen LogP contribution is 2.58. The Hall–Kier alpha value is -1.57. The highest BCUT2D eigenvalue weighted by Gasteiger charge is 2.48. The van der Waals surface area contributed by atoms with E-state index in [2.05, 4.69) is 62.4 Å². The summed E-state index contributed by atoms with van der Waals surface area (Å²) in [6.45, 7) is 4.74. The zero-order valence-electron chi connectivity index (χ0n) is 13.1. The molecule has 0 amide bonds. The maximum atomic E-state index is 6.34. The molecule has 114 valence electrons. The molecule has 2 aliphatic carbocycles. The SMILES string of the molecule is CC1(C)c2ccc(Cl)cc2C2c3sc4ccccc4c3C=CC21. The van der Waals surface area contributed by atoms with Gasteiger partial charge in [-0.1, -0.05) is 61.9 Å². The second kappa shape index (κ2) is 4.49. The Morgan fingerprint density at radius 2 is 1.91 bits per heavy atom. The van der Waals surface area contributed by atoms with Gasteiger partial charge in [0.15, 0.2) is 0 Å². The summed E-state index contributed by atoms with van der Waals surface area (Å²) >= 11 is 8.29. The van der Waals surface area contributed by atoms with Crippen molar-refractivity contribution in [1.29, 1.82) is 0 Å². The lowest BCUT2D eigenvalue weighted by atomic mass is 9.73. The standard InChI is InChI=1S/C21H17ClS/c1-21(2)16-9-7-12(22)11-15(16)19-17(21)10-8-14-13-5-3-4-6-18(13)23-20(14)19/h3-11,17,19H,1-2H3. The van der Waals surface area contributed by atoms with E-state index in [-0.39, 0.29) is 5.41 Å². The van der Waals surface area contributed by atoms with Crippen LogP contribution in [0, 0.1) is 5.92 Å². The van der Waals surface area contributed by atoms with Crippen LogP contribution in [0.2, 0.25) is 5.02 Å². The van der Waals surface area contributed by atoms with Crippen molar-refractivity contribution in [2.45, 2.75) is 25.2 Å². The summed E-state index contributed by atoms with van der Waals surface area (Å²) in [5.41, 5.74) is 4.43. The largest absolute Gasteiger partial charge is 0.139 e. The maximum absolute atomic E-state index is 6.34. The van der Waals surface area contributed by atoms with E-state index in [1.807, 2.05) is 17.4 Å². The number of fused-ring (bicyclic) bond motifs is 7. The summed E-state index contributed by atoms with van der Waals surface area (Å²) in [6, 6.07) is 15.2. The lowest BCUT2D eigenvalue weighted by Crippen LogP contribution is -2.25. The molecule has 0 spiro atoms. The first-order valence-corrected chi connectivity index (χ1v) is 9.26.